The van der Waals surface area contributed by atoms with Gasteiger partial charge in [-0.15, -0.1) is 11.8 Å². The molecular formula is C10H10ClNOS. The van der Waals surface area contributed by atoms with Crippen molar-refractivity contribution in [2.24, 2.45) is 5.73 Å². The lowest BCUT2D eigenvalue weighted by molar-refractivity contribution is -0.105. The first-order chi connectivity index (χ1) is 6.74. The zero-order valence-electron chi connectivity index (χ0n) is 7.44. The van der Waals surface area contributed by atoms with Crippen LogP contribution < -0.4 is 5.73 Å². The highest BCUT2D eigenvalue weighted by molar-refractivity contribution is 8.02. The van der Waals surface area contributed by atoms with Crippen LogP contribution in [0.1, 0.15) is 5.56 Å². The van der Waals surface area contributed by atoms with Crippen LogP contribution in [0.2, 0.25) is 5.02 Å². The number of hydrogen-bond acceptors (Lipinski definition) is 3. The highest BCUT2D eigenvalue weighted by Crippen LogP contribution is 2.16. The second-order valence-electron chi connectivity index (χ2n) is 2.58. The van der Waals surface area contributed by atoms with Gasteiger partial charge in [0.05, 0.1) is 5.75 Å². The van der Waals surface area contributed by atoms with Crippen molar-refractivity contribution in [2.45, 2.75) is 0 Å². The van der Waals surface area contributed by atoms with E-state index < -0.39 is 0 Å². The molecule has 14 heavy (non-hydrogen) atoms. The largest absolute Gasteiger partial charge is 0.398 e. The number of carbonyl (C=O) groups is 1. The molecule has 0 saturated heterocycles. The zero-order chi connectivity index (χ0) is 10.4. The fourth-order valence-corrected chi connectivity index (χ4v) is 1.50. The molecule has 0 atom stereocenters. The van der Waals surface area contributed by atoms with E-state index in [-0.39, 0.29) is 0 Å². The van der Waals surface area contributed by atoms with Crippen molar-refractivity contribution in [2.75, 3.05) is 5.75 Å². The molecule has 1 aromatic carbocycles. The van der Waals surface area contributed by atoms with Crippen LogP contribution in [0.25, 0.3) is 5.70 Å². The number of carbonyl (C=O) groups excluding carboxylic acids is 1. The van der Waals surface area contributed by atoms with Crippen LogP contribution in [0.5, 0.6) is 0 Å². The summed E-state index contributed by atoms with van der Waals surface area (Å²) in [5.74, 6) is 0.425. The fraction of sp³-hybridized carbons (Fsp3) is 0.100. The molecule has 0 spiro atoms. The van der Waals surface area contributed by atoms with Crippen LogP contribution in [0, 0.1) is 0 Å². The molecule has 1 rings (SSSR count). The van der Waals surface area contributed by atoms with Crippen molar-refractivity contribution in [3.8, 4) is 0 Å². The molecule has 0 radical (unpaired) electrons. The Kier molecular flexibility index (Phi) is 4.56. The summed E-state index contributed by atoms with van der Waals surface area (Å²) in [7, 11) is 0. The van der Waals surface area contributed by atoms with Crippen molar-refractivity contribution in [1.82, 2.24) is 0 Å². The molecule has 0 saturated carbocycles. The quantitative estimate of drug-likeness (QED) is 0.635. The third-order valence-corrected chi connectivity index (χ3v) is 2.55. The topological polar surface area (TPSA) is 43.1 Å². The van der Waals surface area contributed by atoms with Gasteiger partial charge in [-0.25, -0.2) is 0 Å². The number of benzene rings is 1. The lowest BCUT2D eigenvalue weighted by Gasteiger charge is -2.00. The average molecular weight is 228 g/mol. The molecule has 0 unspecified atom stereocenters. The summed E-state index contributed by atoms with van der Waals surface area (Å²) in [6, 6.07) is 7.25. The average Bonchev–Trinajstić information content (AvgIpc) is 2.19. The van der Waals surface area contributed by atoms with Gasteiger partial charge in [0.2, 0.25) is 0 Å². The molecule has 0 fully saturated rings. The molecule has 0 amide bonds. The Morgan fingerprint density at radius 3 is 2.64 bits per heavy atom. The molecule has 74 valence electrons. The van der Waals surface area contributed by atoms with Gasteiger partial charge in [-0.2, -0.15) is 0 Å². The number of nitrogens with two attached hydrogens (primary N) is 1. The molecule has 2 nitrogen and oxygen atoms in total. The maximum Gasteiger partial charge on any atom is 0.130 e. The van der Waals surface area contributed by atoms with Crippen molar-refractivity contribution in [3.63, 3.8) is 0 Å². The molecule has 0 heterocycles. The van der Waals surface area contributed by atoms with Gasteiger partial charge >= 0.3 is 0 Å². The number of thioether (sulfide) groups is 1. The fourth-order valence-electron chi connectivity index (χ4n) is 0.888. The summed E-state index contributed by atoms with van der Waals surface area (Å²) in [5.41, 5.74) is 7.32. The Bertz CT molecular complexity index is 334. The highest BCUT2D eigenvalue weighted by Gasteiger charge is 1.95. The van der Waals surface area contributed by atoms with Gasteiger partial charge in [-0.05, 0) is 23.1 Å². The molecule has 2 N–H and O–H groups in total. The lowest BCUT2D eigenvalue weighted by atomic mass is 10.2. The normalized spacial score (nSPS) is 11.4. The standard InChI is InChI=1S/C10H10ClNOS/c11-9-3-1-8(2-4-9)10(12)7-14-6-5-13/h1-5,7H,6,12H2/b10-7-. The van der Waals surface area contributed by atoms with Crippen molar-refractivity contribution >= 4 is 35.3 Å². The van der Waals surface area contributed by atoms with Gasteiger partial charge in [0.15, 0.2) is 0 Å². The third kappa shape index (κ3) is 3.44. The first-order valence-corrected chi connectivity index (χ1v) is 5.43. The minimum absolute atomic E-state index is 0.425. The van der Waals surface area contributed by atoms with Gasteiger partial charge in [0.25, 0.3) is 0 Å². The van der Waals surface area contributed by atoms with E-state index >= 15 is 0 Å². The highest BCUT2D eigenvalue weighted by atomic mass is 35.5. The predicted molar refractivity (Wildman–Crippen MR) is 62.1 cm³/mol. The summed E-state index contributed by atoms with van der Waals surface area (Å²) in [5, 5.41) is 2.44. The Hall–Kier alpha value is -0.930. The molecule has 0 aliphatic heterocycles. The lowest BCUT2D eigenvalue weighted by Crippen LogP contribution is -1.95. The number of hydrogen-bond donors (Lipinski definition) is 1. The third-order valence-electron chi connectivity index (χ3n) is 1.55. The van der Waals surface area contributed by atoms with E-state index in [1.54, 1.807) is 17.5 Å². The van der Waals surface area contributed by atoms with Crippen LogP contribution in [0.15, 0.2) is 29.7 Å². The first-order valence-electron chi connectivity index (χ1n) is 4.01. The van der Waals surface area contributed by atoms with Crippen LogP contribution in [-0.4, -0.2) is 12.0 Å². The number of halogens is 1. The van der Waals surface area contributed by atoms with E-state index in [2.05, 4.69) is 0 Å². The minimum Gasteiger partial charge on any atom is -0.398 e. The summed E-state index contributed by atoms with van der Waals surface area (Å²) >= 11 is 7.10. The first kappa shape index (κ1) is 11.1. The molecule has 1 aromatic rings. The molecular weight excluding hydrogens is 218 g/mol. The Balaban J connectivity index is 2.68. The monoisotopic (exact) mass is 227 g/mol. The Morgan fingerprint density at radius 2 is 2.07 bits per heavy atom. The summed E-state index contributed by atoms with van der Waals surface area (Å²) in [6.07, 6.45) is 0.844. The van der Waals surface area contributed by atoms with Crippen molar-refractivity contribution < 1.29 is 4.79 Å². The van der Waals surface area contributed by atoms with E-state index in [9.17, 15) is 4.79 Å². The van der Waals surface area contributed by atoms with Crippen molar-refractivity contribution in [3.05, 3.63) is 40.3 Å². The maximum atomic E-state index is 10.1. The Labute approximate surface area is 92.1 Å². The van der Waals surface area contributed by atoms with E-state index in [0.29, 0.717) is 16.5 Å². The number of rotatable bonds is 4. The van der Waals surface area contributed by atoms with Crippen LogP contribution in [-0.2, 0) is 4.79 Å². The van der Waals surface area contributed by atoms with Crippen LogP contribution in [0.4, 0.5) is 0 Å². The van der Waals surface area contributed by atoms with E-state index in [1.807, 2.05) is 12.1 Å². The summed E-state index contributed by atoms with van der Waals surface area (Å²) < 4.78 is 0. The number of aldehydes is 1. The second kappa shape index (κ2) is 5.73. The Morgan fingerprint density at radius 1 is 1.43 bits per heavy atom. The zero-order valence-corrected chi connectivity index (χ0v) is 9.02. The summed E-state index contributed by atoms with van der Waals surface area (Å²) in [4.78, 5) is 10.1. The van der Waals surface area contributed by atoms with Gasteiger partial charge < -0.3 is 10.5 Å². The minimum atomic E-state index is 0.425. The van der Waals surface area contributed by atoms with E-state index in [1.165, 1.54) is 11.8 Å². The SMILES string of the molecule is N/C(=C\SCC=O)c1ccc(Cl)cc1. The maximum absolute atomic E-state index is 10.1. The molecule has 0 aliphatic rings. The predicted octanol–water partition coefficient (Wildman–Crippen LogP) is 2.53. The van der Waals surface area contributed by atoms with E-state index in [0.717, 1.165) is 11.8 Å². The van der Waals surface area contributed by atoms with Gasteiger partial charge in [0, 0.05) is 10.7 Å². The van der Waals surface area contributed by atoms with E-state index in [4.69, 9.17) is 17.3 Å². The second-order valence-corrected chi connectivity index (χ2v) is 3.92. The van der Waals surface area contributed by atoms with Gasteiger partial charge in [0.1, 0.15) is 6.29 Å². The smallest absolute Gasteiger partial charge is 0.130 e. The summed E-state index contributed by atoms with van der Waals surface area (Å²) in [6.45, 7) is 0. The van der Waals surface area contributed by atoms with Crippen LogP contribution >= 0.6 is 23.4 Å². The molecule has 0 aromatic heterocycles. The van der Waals surface area contributed by atoms with Gasteiger partial charge in [-0.1, -0.05) is 23.7 Å². The molecule has 0 bridgehead atoms. The van der Waals surface area contributed by atoms with Gasteiger partial charge in [-0.3, -0.25) is 0 Å². The molecule has 4 heteroatoms. The van der Waals surface area contributed by atoms with Crippen molar-refractivity contribution in [1.29, 1.82) is 0 Å². The molecule has 0 aliphatic carbocycles. The van der Waals surface area contributed by atoms with Crippen LogP contribution in [0.3, 0.4) is 0 Å².